The van der Waals surface area contributed by atoms with Crippen molar-refractivity contribution in [3.05, 3.63) is 34.9 Å². The molecule has 1 aromatic rings. The number of benzene rings is 1. The lowest BCUT2D eigenvalue weighted by atomic mass is 10.0. The van der Waals surface area contributed by atoms with Crippen LogP contribution in [0.1, 0.15) is 27.9 Å². The summed E-state index contributed by atoms with van der Waals surface area (Å²) in [5.41, 5.74) is -3.56. The van der Waals surface area contributed by atoms with Crippen LogP contribution in [0.5, 0.6) is 0 Å². The van der Waals surface area contributed by atoms with Crippen LogP contribution in [0, 0.1) is 5.92 Å². The molecule has 1 saturated heterocycles. The first kappa shape index (κ1) is 21.6. The van der Waals surface area contributed by atoms with Crippen LogP contribution in [0.2, 0.25) is 0 Å². The average molecular weight is 391 g/mol. The molecule has 1 N–H and O–H groups in total. The van der Waals surface area contributed by atoms with Gasteiger partial charge >= 0.3 is 12.4 Å². The predicted octanol–water partition coefficient (Wildman–Crippen LogP) is 3.83. The van der Waals surface area contributed by atoms with Gasteiger partial charge in [-0.05, 0) is 44.1 Å². The average Bonchev–Trinajstić information content (AvgIpc) is 2.93. The third-order valence-corrected chi connectivity index (χ3v) is 3.90. The van der Waals surface area contributed by atoms with Crippen LogP contribution in [0.4, 0.5) is 26.3 Å². The van der Waals surface area contributed by atoms with Gasteiger partial charge in [-0.2, -0.15) is 26.3 Å². The summed E-state index contributed by atoms with van der Waals surface area (Å²) >= 11 is 0. The van der Waals surface area contributed by atoms with Crippen LogP contribution >= 0.6 is 12.4 Å². The van der Waals surface area contributed by atoms with Gasteiger partial charge in [0.05, 0.1) is 11.1 Å². The monoisotopic (exact) mass is 390 g/mol. The molecule has 10 heteroatoms. The second-order valence-electron chi connectivity index (χ2n) is 5.76. The van der Waals surface area contributed by atoms with Gasteiger partial charge in [-0.3, -0.25) is 4.79 Å². The van der Waals surface area contributed by atoms with Gasteiger partial charge < -0.3 is 10.2 Å². The summed E-state index contributed by atoms with van der Waals surface area (Å²) < 4.78 is 77.0. The van der Waals surface area contributed by atoms with Crippen molar-refractivity contribution in [1.29, 1.82) is 0 Å². The number of hydrogen-bond donors (Lipinski definition) is 1. The van der Waals surface area contributed by atoms with E-state index in [1.54, 1.807) is 7.05 Å². The van der Waals surface area contributed by atoms with Gasteiger partial charge in [0.2, 0.25) is 0 Å². The molecule has 0 aromatic heterocycles. The molecule has 0 aliphatic carbocycles. The summed E-state index contributed by atoms with van der Waals surface area (Å²) in [6.07, 6.45) is -9.27. The Balaban J connectivity index is 0.00000312. The van der Waals surface area contributed by atoms with Gasteiger partial charge in [-0.25, -0.2) is 0 Å². The van der Waals surface area contributed by atoms with Crippen molar-refractivity contribution in [3.8, 4) is 0 Å². The van der Waals surface area contributed by atoms with Crippen molar-refractivity contribution in [2.75, 3.05) is 26.7 Å². The van der Waals surface area contributed by atoms with E-state index in [2.05, 4.69) is 5.32 Å². The number of amides is 1. The number of rotatable bonds is 3. The molecule has 1 amide bonds. The van der Waals surface area contributed by atoms with Gasteiger partial charge in [0.25, 0.3) is 5.91 Å². The smallest absolute Gasteiger partial charge is 0.338 e. The lowest BCUT2D eigenvalue weighted by Crippen LogP contribution is -2.30. The normalized spacial score (nSPS) is 18.2. The highest BCUT2D eigenvalue weighted by Crippen LogP contribution is 2.36. The highest BCUT2D eigenvalue weighted by atomic mass is 35.5. The lowest BCUT2D eigenvalue weighted by molar-refractivity contribution is -0.143. The van der Waals surface area contributed by atoms with Gasteiger partial charge in [0.1, 0.15) is 0 Å². The number of likely N-dealkylation sites (tertiary alicyclic amines) is 1. The molecule has 1 fully saturated rings. The van der Waals surface area contributed by atoms with E-state index in [-0.39, 0.29) is 24.4 Å². The van der Waals surface area contributed by atoms with Crippen molar-refractivity contribution in [2.45, 2.75) is 18.8 Å². The minimum Gasteiger partial charge on any atom is -0.338 e. The number of alkyl halides is 6. The molecular weight excluding hydrogens is 374 g/mol. The third kappa shape index (κ3) is 5.24. The van der Waals surface area contributed by atoms with Crippen LogP contribution in [-0.2, 0) is 12.4 Å². The van der Waals surface area contributed by atoms with E-state index in [1.165, 1.54) is 4.90 Å². The van der Waals surface area contributed by atoms with Gasteiger partial charge in [0.15, 0.2) is 0 Å². The molecule has 1 aromatic carbocycles. The summed E-state index contributed by atoms with van der Waals surface area (Å²) in [7, 11) is 1.73. The van der Waals surface area contributed by atoms with Crippen molar-refractivity contribution in [2.24, 2.45) is 5.92 Å². The molecule has 142 valence electrons. The van der Waals surface area contributed by atoms with E-state index in [1.807, 2.05) is 0 Å². The molecule has 0 spiro atoms. The maximum Gasteiger partial charge on any atom is 0.416 e. The van der Waals surface area contributed by atoms with Crippen molar-refractivity contribution < 1.29 is 31.1 Å². The van der Waals surface area contributed by atoms with E-state index in [0.29, 0.717) is 38.2 Å². The molecule has 1 unspecified atom stereocenters. The van der Waals surface area contributed by atoms with Crippen LogP contribution in [0.25, 0.3) is 0 Å². The fourth-order valence-corrected chi connectivity index (χ4v) is 2.73. The van der Waals surface area contributed by atoms with Crippen LogP contribution in [0.15, 0.2) is 18.2 Å². The Hall–Kier alpha value is -1.48. The first-order valence-electron chi connectivity index (χ1n) is 7.25. The molecular formula is C15H17ClF6N2O. The van der Waals surface area contributed by atoms with Crippen molar-refractivity contribution in [3.63, 3.8) is 0 Å². The number of halogens is 7. The predicted molar refractivity (Wildman–Crippen MR) is 81.6 cm³/mol. The van der Waals surface area contributed by atoms with E-state index in [4.69, 9.17) is 0 Å². The second-order valence-corrected chi connectivity index (χ2v) is 5.76. The molecule has 1 aliphatic rings. The van der Waals surface area contributed by atoms with Gasteiger partial charge in [0, 0.05) is 18.7 Å². The molecule has 25 heavy (non-hydrogen) atoms. The molecule has 0 saturated carbocycles. The number of carbonyl (C=O) groups is 1. The Bertz CT molecular complexity index is 585. The fourth-order valence-electron chi connectivity index (χ4n) is 2.73. The van der Waals surface area contributed by atoms with E-state index in [9.17, 15) is 31.1 Å². The number of carbonyl (C=O) groups excluding carboxylic acids is 1. The highest BCUT2D eigenvalue weighted by Gasteiger charge is 2.38. The topological polar surface area (TPSA) is 32.3 Å². The lowest BCUT2D eigenvalue weighted by Gasteiger charge is -2.19. The standard InChI is InChI=1S/C15H16F6N2O.ClH/c1-22-7-9-2-3-23(8-9)13(24)10-4-11(14(16,17)18)6-12(5-10)15(19,20)21;/h4-6,9,22H,2-3,7-8H2,1H3;1H. The Labute approximate surface area is 146 Å². The van der Waals surface area contributed by atoms with E-state index in [0.717, 1.165) is 0 Å². The minimum absolute atomic E-state index is 0. The zero-order valence-corrected chi connectivity index (χ0v) is 14.0. The zero-order chi connectivity index (χ0) is 18.1. The SMILES string of the molecule is CNCC1CCN(C(=O)c2cc(C(F)(F)F)cc(C(F)(F)F)c2)C1.Cl. The molecule has 1 atom stereocenters. The van der Waals surface area contributed by atoms with Gasteiger partial charge in [-0.1, -0.05) is 0 Å². The van der Waals surface area contributed by atoms with Gasteiger partial charge in [-0.15, -0.1) is 12.4 Å². The van der Waals surface area contributed by atoms with Crippen LogP contribution in [-0.4, -0.2) is 37.5 Å². The van der Waals surface area contributed by atoms with Crippen LogP contribution < -0.4 is 5.32 Å². The number of nitrogens with one attached hydrogen (secondary N) is 1. The maximum atomic E-state index is 12.8. The molecule has 3 nitrogen and oxygen atoms in total. The highest BCUT2D eigenvalue weighted by molar-refractivity contribution is 5.95. The molecule has 1 heterocycles. The summed E-state index contributed by atoms with van der Waals surface area (Å²) in [5.74, 6) is -0.683. The first-order chi connectivity index (χ1) is 11.0. The van der Waals surface area contributed by atoms with Crippen LogP contribution in [0.3, 0.4) is 0 Å². The Kier molecular flexibility index (Phi) is 6.74. The summed E-state index contributed by atoms with van der Waals surface area (Å²) in [6, 6.07) is 0.969. The van der Waals surface area contributed by atoms with Crippen molar-refractivity contribution in [1.82, 2.24) is 10.2 Å². The maximum absolute atomic E-state index is 12.8. The van der Waals surface area contributed by atoms with E-state index < -0.39 is 35.0 Å². The Morgan fingerprint density at radius 2 is 1.64 bits per heavy atom. The fraction of sp³-hybridized carbons (Fsp3) is 0.533. The minimum atomic E-state index is -4.96. The number of hydrogen-bond acceptors (Lipinski definition) is 2. The second kappa shape index (κ2) is 7.82. The summed E-state index contributed by atoms with van der Waals surface area (Å²) in [4.78, 5) is 13.6. The number of nitrogens with zero attached hydrogens (tertiary/aromatic N) is 1. The zero-order valence-electron chi connectivity index (χ0n) is 13.2. The molecule has 2 rings (SSSR count). The quantitative estimate of drug-likeness (QED) is 0.796. The Morgan fingerprint density at radius 1 is 1.12 bits per heavy atom. The van der Waals surface area contributed by atoms with Crippen molar-refractivity contribution >= 4 is 18.3 Å². The van der Waals surface area contributed by atoms with E-state index >= 15 is 0 Å². The Morgan fingerprint density at radius 3 is 2.08 bits per heavy atom. The molecule has 0 radical (unpaired) electrons. The largest absolute Gasteiger partial charge is 0.416 e. The molecule has 0 bridgehead atoms. The summed E-state index contributed by atoms with van der Waals surface area (Å²) in [6.45, 7) is 1.24. The molecule has 1 aliphatic heterocycles. The summed E-state index contributed by atoms with van der Waals surface area (Å²) in [5, 5.41) is 2.93. The third-order valence-electron chi connectivity index (χ3n) is 3.90. The first-order valence-corrected chi connectivity index (χ1v) is 7.25.